The van der Waals surface area contributed by atoms with Crippen molar-refractivity contribution in [1.82, 2.24) is 9.80 Å². The van der Waals surface area contributed by atoms with E-state index in [0.717, 1.165) is 51.5 Å². The Bertz CT molecular complexity index is 489. The van der Waals surface area contributed by atoms with Crippen LogP contribution in [0.4, 0.5) is 5.69 Å². The average Bonchev–Trinajstić information content (AvgIpc) is 2.47. The standard InChI is InChI=1S/C17H29N5.HI/c1-4-21-7-9-22(10-8-21)6-5-19-17(18)20-16-12-14(2)11-15(3)13-16;/h11-13H,4-10H2,1-3H3,(H3,18,19,20);1H. The van der Waals surface area contributed by atoms with Crippen LogP contribution >= 0.6 is 24.0 Å². The van der Waals surface area contributed by atoms with Gasteiger partial charge in [-0.15, -0.1) is 24.0 Å². The molecule has 0 amide bonds. The van der Waals surface area contributed by atoms with Gasteiger partial charge >= 0.3 is 0 Å². The lowest BCUT2D eigenvalue weighted by Gasteiger charge is -2.33. The van der Waals surface area contributed by atoms with Crippen LogP contribution < -0.4 is 11.1 Å². The fourth-order valence-corrected chi connectivity index (χ4v) is 2.88. The number of nitrogens with zero attached hydrogens (tertiary/aromatic N) is 3. The molecule has 3 N–H and O–H groups in total. The van der Waals surface area contributed by atoms with E-state index in [1.807, 2.05) is 0 Å². The van der Waals surface area contributed by atoms with Gasteiger partial charge in [0.05, 0.1) is 6.54 Å². The monoisotopic (exact) mass is 431 g/mol. The summed E-state index contributed by atoms with van der Waals surface area (Å²) in [5, 5.41) is 3.18. The van der Waals surface area contributed by atoms with Gasteiger partial charge in [0.1, 0.15) is 0 Å². The summed E-state index contributed by atoms with van der Waals surface area (Å²) in [6, 6.07) is 6.31. The molecule has 6 heteroatoms. The molecule has 130 valence electrons. The number of halogens is 1. The van der Waals surface area contributed by atoms with Crippen molar-refractivity contribution in [2.75, 3.05) is 51.1 Å². The number of nitrogens with one attached hydrogen (secondary N) is 1. The number of hydrogen-bond acceptors (Lipinski definition) is 3. The molecule has 2 rings (SSSR count). The maximum Gasteiger partial charge on any atom is 0.193 e. The first kappa shape index (κ1) is 20.2. The molecule has 1 aromatic rings. The third-order valence-electron chi connectivity index (χ3n) is 4.10. The molecule has 0 aromatic heterocycles. The Morgan fingerprint density at radius 3 is 2.22 bits per heavy atom. The van der Waals surface area contributed by atoms with Crippen molar-refractivity contribution in [3.63, 3.8) is 0 Å². The zero-order chi connectivity index (χ0) is 15.9. The summed E-state index contributed by atoms with van der Waals surface area (Å²) in [7, 11) is 0. The van der Waals surface area contributed by atoms with Crippen molar-refractivity contribution in [1.29, 1.82) is 0 Å². The highest BCUT2D eigenvalue weighted by Crippen LogP contribution is 2.13. The second kappa shape index (κ2) is 10.1. The number of nitrogens with two attached hydrogens (primary N) is 1. The van der Waals surface area contributed by atoms with Crippen LogP contribution in [-0.2, 0) is 0 Å². The third-order valence-corrected chi connectivity index (χ3v) is 4.10. The van der Waals surface area contributed by atoms with Crippen molar-refractivity contribution in [2.24, 2.45) is 10.7 Å². The normalized spacial score (nSPS) is 16.9. The topological polar surface area (TPSA) is 56.9 Å². The molecule has 0 atom stereocenters. The minimum Gasteiger partial charge on any atom is -0.370 e. The Morgan fingerprint density at radius 2 is 1.65 bits per heavy atom. The largest absolute Gasteiger partial charge is 0.370 e. The lowest BCUT2D eigenvalue weighted by molar-refractivity contribution is 0.140. The van der Waals surface area contributed by atoms with Gasteiger partial charge in [0.15, 0.2) is 5.96 Å². The first-order chi connectivity index (χ1) is 10.6. The summed E-state index contributed by atoms with van der Waals surface area (Å²) in [4.78, 5) is 9.38. The molecule has 0 radical (unpaired) electrons. The van der Waals surface area contributed by atoms with E-state index >= 15 is 0 Å². The second-order valence-electron chi connectivity index (χ2n) is 6.04. The molecule has 0 spiro atoms. The molecule has 1 aliphatic rings. The maximum atomic E-state index is 5.98. The Kier molecular flexibility index (Phi) is 8.86. The molecule has 1 saturated heterocycles. The molecule has 23 heavy (non-hydrogen) atoms. The van der Waals surface area contributed by atoms with Crippen molar-refractivity contribution < 1.29 is 0 Å². The minimum atomic E-state index is 0. The molecule has 1 aromatic carbocycles. The molecule has 1 fully saturated rings. The van der Waals surface area contributed by atoms with Gasteiger partial charge < -0.3 is 16.0 Å². The van der Waals surface area contributed by atoms with Crippen LogP contribution in [0.5, 0.6) is 0 Å². The number of hydrogen-bond donors (Lipinski definition) is 2. The highest BCUT2D eigenvalue weighted by Gasteiger charge is 2.14. The van der Waals surface area contributed by atoms with E-state index in [1.54, 1.807) is 0 Å². The van der Waals surface area contributed by atoms with Crippen LogP contribution in [0.1, 0.15) is 18.1 Å². The number of guanidine groups is 1. The van der Waals surface area contributed by atoms with Gasteiger partial charge in [0.2, 0.25) is 0 Å². The number of anilines is 1. The van der Waals surface area contributed by atoms with Gasteiger partial charge in [-0.05, 0) is 43.7 Å². The van der Waals surface area contributed by atoms with Gasteiger partial charge in [0, 0.05) is 38.4 Å². The van der Waals surface area contributed by atoms with Crippen molar-refractivity contribution in [3.05, 3.63) is 29.3 Å². The van der Waals surface area contributed by atoms with Crippen molar-refractivity contribution in [3.8, 4) is 0 Å². The Balaban J connectivity index is 0.00000264. The number of aliphatic imine (C=N–C) groups is 1. The molecule has 1 aliphatic heterocycles. The summed E-state index contributed by atoms with van der Waals surface area (Å²) >= 11 is 0. The first-order valence-corrected chi connectivity index (χ1v) is 8.17. The maximum absolute atomic E-state index is 5.98. The highest BCUT2D eigenvalue weighted by molar-refractivity contribution is 14.0. The molecular formula is C17H30IN5. The van der Waals surface area contributed by atoms with Crippen LogP contribution in [0, 0.1) is 13.8 Å². The number of piperazine rings is 1. The van der Waals surface area contributed by atoms with Gasteiger partial charge in [-0.1, -0.05) is 13.0 Å². The fraction of sp³-hybridized carbons (Fsp3) is 0.588. The van der Waals surface area contributed by atoms with E-state index in [9.17, 15) is 0 Å². The number of aryl methyl sites for hydroxylation is 2. The Morgan fingerprint density at radius 1 is 1.09 bits per heavy atom. The van der Waals surface area contributed by atoms with E-state index < -0.39 is 0 Å². The molecule has 5 nitrogen and oxygen atoms in total. The molecule has 1 heterocycles. The van der Waals surface area contributed by atoms with Crippen LogP contribution in [0.15, 0.2) is 23.2 Å². The van der Waals surface area contributed by atoms with E-state index in [0.29, 0.717) is 5.96 Å². The van der Waals surface area contributed by atoms with Crippen LogP contribution in [-0.4, -0.2) is 61.6 Å². The van der Waals surface area contributed by atoms with Crippen LogP contribution in [0.25, 0.3) is 0 Å². The minimum absolute atomic E-state index is 0. The lowest BCUT2D eigenvalue weighted by Crippen LogP contribution is -2.46. The van der Waals surface area contributed by atoms with Crippen LogP contribution in [0.2, 0.25) is 0 Å². The zero-order valence-corrected chi connectivity index (χ0v) is 16.8. The van der Waals surface area contributed by atoms with E-state index in [4.69, 9.17) is 5.73 Å². The van der Waals surface area contributed by atoms with E-state index in [1.165, 1.54) is 11.1 Å². The van der Waals surface area contributed by atoms with Gasteiger partial charge in [-0.2, -0.15) is 0 Å². The molecule has 0 bridgehead atoms. The van der Waals surface area contributed by atoms with E-state index in [-0.39, 0.29) is 24.0 Å². The van der Waals surface area contributed by atoms with Gasteiger partial charge in [-0.25, -0.2) is 0 Å². The summed E-state index contributed by atoms with van der Waals surface area (Å²) in [5.74, 6) is 0.497. The number of benzene rings is 1. The SMILES string of the molecule is CCN1CCN(CCN=C(N)Nc2cc(C)cc(C)c2)CC1.I. The zero-order valence-electron chi connectivity index (χ0n) is 14.5. The number of rotatable bonds is 5. The fourth-order valence-electron chi connectivity index (χ4n) is 2.88. The molecule has 0 saturated carbocycles. The summed E-state index contributed by atoms with van der Waals surface area (Å²) in [6.45, 7) is 13.9. The Hall–Kier alpha value is -0.860. The molecule has 0 unspecified atom stereocenters. The molecule has 0 aliphatic carbocycles. The number of likely N-dealkylation sites (N-methyl/N-ethyl adjacent to an activating group) is 1. The lowest BCUT2D eigenvalue weighted by atomic mass is 10.1. The highest BCUT2D eigenvalue weighted by atomic mass is 127. The smallest absolute Gasteiger partial charge is 0.193 e. The van der Waals surface area contributed by atoms with Crippen LogP contribution in [0.3, 0.4) is 0 Å². The average molecular weight is 431 g/mol. The third kappa shape index (κ3) is 7.05. The summed E-state index contributed by atoms with van der Waals surface area (Å²) in [5.41, 5.74) is 9.44. The van der Waals surface area contributed by atoms with Crippen molar-refractivity contribution >= 4 is 35.6 Å². The summed E-state index contributed by atoms with van der Waals surface area (Å²) in [6.07, 6.45) is 0. The predicted octanol–water partition coefficient (Wildman–Crippen LogP) is 2.29. The quantitative estimate of drug-likeness (QED) is 0.427. The summed E-state index contributed by atoms with van der Waals surface area (Å²) < 4.78 is 0. The molecular weight excluding hydrogens is 401 g/mol. The van der Waals surface area contributed by atoms with Crippen molar-refractivity contribution in [2.45, 2.75) is 20.8 Å². The van der Waals surface area contributed by atoms with E-state index in [2.05, 4.69) is 59.1 Å². The predicted molar refractivity (Wildman–Crippen MR) is 110 cm³/mol. The first-order valence-electron chi connectivity index (χ1n) is 8.17. The van der Waals surface area contributed by atoms with Gasteiger partial charge in [0.25, 0.3) is 0 Å². The van der Waals surface area contributed by atoms with Gasteiger partial charge in [-0.3, -0.25) is 9.89 Å². The Labute approximate surface area is 157 Å². The second-order valence-corrected chi connectivity index (χ2v) is 6.04.